The molecule has 0 unspecified atom stereocenters. The van der Waals surface area contributed by atoms with E-state index >= 15 is 0 Å². The van der Waals surface area contributed by atoms with Gasteiger partial charge in [0.25, 0.3) is 0 Å². The molecule has 2 nitrogen and oxygen atoms in total. The zero-order valence-electron chi connectivity index (χ0n) is 6.53. The summed E-state index contributed by atoms with van der Waals surface area (Å²) in [5.41, 5.74) is 7.39. The third kappa shape index (κ3) is 1.19. The lowest BCUT2D eigenvalue weighted by molar-refractivity contribution is 0.582. The van der Waals surface area contributed by atoms with E-state index in [-0.39, 0.29) is 0 Å². The molecule has 0 saturated heterocycles. The maximum atomic E-state index is 5.62. The van der Waals surface area contributed by atoms with Crippen LogP contribution in [0.5, 0.6) is 0 Å². The number of furan rings is 1. The number of nitrogens with two attached hydrogens (primary N) is 1. The summed E-state index contributed by atoms with van der Waals surface area (Å²) < 4.78 is 5.22. The van der Waals surface area contributed by atoms with Crippen LogP contribution in [-0.4, -0.2) is 0 Å². The summed E-state index contributed by atoms with van der Waals surface area (Å²) in [5.74, 6) is 0.849. The minimum absolute atomic E-state index is 0.754. The van der Waals surface area contributed by atoms with Crippen molar-refractivity contribution in [3.05, 3.63) is 42.7 Å². The van der Waals surface area contributed by atoms with E-state index in [9.17, 15) is 0 Å². The maximum absolute atomic E-state index is 5.62. The zero-order valence-corrected chi connectivity index (χ0v) is 6.53. The summed E-state index contributed by atoms with van der Waals surface area (Å²) in [6, 6.07) is 11.4. The quantitative estimate of drug-likeness (QED) is 0.649. The monoisotopic (exact) mass is 159 g/mol. The third-order valence-electron chi connectivity index (χ3n) is 1.69. The van der Waals surface area contributed by atoms with Crippen LogP contribution >= 0.6 is 0 Å². The fraction of sp³-hybridized carbons (Fsp3) is 0. The Labute approximate surface area is 70.6 Å². The molecule has 0 aliphatic carbocycles. The molecule has 0 fully saturated rings. The van der Waals surface area contributed by atoms with Crippen molar-refractivity contribution < 1.29 is 4.42 Å². The predicted octanol–water partition coefficient (Wildman–Crippen LogP) is 2.53. The third-order valence-corrected chi connectivity index (χ3v) is 1.69. The summed E-state index contributed by atoms with van der Waals surface area (Å²) in [7, 11) is 0. The fourth-order valence-corrected chi connectivity index (χ4v) is 1.13. The molecule has 1 aromatic carbocycles. The molecule has 2 aromatic rings. The fourth-order valence-electron chi connectivity index (χ4n) is 1.13. The predicted molar refractivity (Wildman–Crippen MR) is 48.6 cm³/mol. The first-order chi connectivity index (χ1) is 5.86. The topological polar surface area (TPSA) is 39.2 Å². The average molecular weight is 159 g/mol. The van der Waals surface area contributed by atoms with E-state index in [2.05, 4.69) is 0 Å². The Balaban J connectivity index is 2.48. The normalized spacial score (nSPS) is 10.0. The Kier molecular flexibility index (Phi) is 1.59. The SMILES string of the molecule is Nc1cccc(-c2ccco2)c1. The smallest absolute Gasteiger partial charge is 0.133 e. The molecule has 0 atom stereocenters. The van der Waals surface area contributed by atoms with Crippen molar-refractivity contribution in [1.29, 1.82) is 0 Å². The maximum Gasteiger partial charge on any atom is 0.133 e. The summed E-state index contributed by atoms with van der Waals surface area (Å²) in [6.07, 6.45) is 1.65. The van der Waals surface area contributed by atoms with E-state index in [0.717, 1.165) is 17.0 Å². The number of anilines is 1. The highest BCUT2D eigenvalue weighted by Gasteiger charge is 1.98. The second-order valence-electron chi connectivity index (χ2n) is 2.60. The van der Waals surface area contributed by atoms with Crippen LogP contribution in [0.2, 0.25) is 0 Å². The van der Waals surface area contributed by atoms with Gasteiger partial charge in [-0.1, -0.05) is 12.1 Å². The van der Waals surface area contributed by atoms with Gasteiger partial charge in [-0.05, 0) is 24.3 Å². The van der Waals surface area contributed by atoms with E-state index in [1.165, 1.54) is 0 Å². The molecule has 0 saturated carbocycles. The van der Waals surface area contributed by atoms with Crippen LogP contribution in [-0.2, 0) is 0 Å². The van der Waals surface area contributed by atoms with Gasteiger partial charge in [0.1, 0.15) is 5.76 Å². The molecule has 0 aliphatic heterocycles. The van der Waals surface area contributed by atoms with Crippen molar-refractivity contribution in [2.75, 3.05) is 5.73 Å². The Hall–Kier alpha value is -1.70. The standard InChI is InChI=1S/C10H9NO/c11-9-4-1-3-8(7-9)10-5-2-6-12-10/h1-7H,11H2. The molecule has 12 heavy (non-hydrogen) atoms. The highest BCUT2D eigenvalue weighted by atomic mass is 16.3. The van der Waals surface area contributed by atoms with Crippen LogP contribution in [0.1, 0.15) is 0 Å². The Bertz CT molecular complexity index is 365. The summed E-state index contributed by atoms with van der Waals surface area (Å²) >= 11 is 0. The van der Waals surface area contributed by atoms with Crippen molar-refractivity contribution in [3.63, 3.8) is 0 Å². The minimum atomic E-state index is 0.754. The van der Waals surface area contributed by atoms with Gasteiger partial charge in [0.05, 0.1) is 6.26 Å². The highest BCUT2D eigenvalue weighted by Crippen LogP contribution is 2.21. The molecule has 2 heteroatoms. The summed E-state index contributed by atoms with van der Waals surface area (Å²) in [5, 5.41) is 0. The van der Waals surface area contributed by atoms with E-state index in [1.54, 1.807) is 6.26 Å². The van der Waals surface area contributed by atoms with Crippen LogP contribution in [0.15, 0.2) is 47.1 Å². The van der Waals surface area contributed by atoms with Crippen molar-refractivity contribution in [1.82, 2.24) is 0 Å². The van der Waals surface area contributed by atoms with Crippen LogP contribution in [0, 0.1) is 0 Å². The number of benzene rings is 1. The number of nitrogen functional groups attached to an aromatic ring is 1. The Morgan fingerprint density at radius 1 is 1.08 bits per heavy atom. The first-order valence-electron chi connectivity index (χ1n) is 3.76. The molecule has 60 valence electrons. The lowest BCUT2D eigenvalue weighted by Crippen LogP contribution is -1.83. The van der Waals surface area contributed by atoms with Crippen LogP contribution in [0.25, 0.3) is 11.3 Å². The van der Waals surface area contributed by atoms with Crippen LogP contribution < -0.4 is 5.73 Å². The van der Waals surface area contributed by atoms with Gasteiger partial charge in [-0.3, -0.25) is 0 Å². The second-order valence-corrected chi connectivity index (χ2v) is 2.60. The van der Waals surface area contributed by atoms with Gasteiger partial charge in [-0.2, -0.15) is 0 Å². The zero-order chi connectivity index (χ0) is 8.39. The van der Waals surface area contributed by atoms with Crippen LogP contribution in [0.3, 0.4) is 0 Å². The first-order valence-corrected chi connectivity index (χ1v) is 3.76. The first kappa shape index (κ1) is 6.98. The second kappa shape index (κ2) is 2.74. The molecule has 0 aliphatic rings. The molecule has 0 spiro atoms. The summed E-state index contributed by atoms with van der Waals surface area (Å²) in [4.78, 5) is 0. The molecular formula is C10H9NO. The molecule has 0 radical (unpaired) electrons. The summed E-state index contributed by atoms with van der Waals surface area (Å²) in [6.45, 7) is 0. The molecule has 0 bridgehead atoms. The molecular weight excluding hydrogens is 150 g/mol. The lowest BCUT2D eigenvalue weighted by Gasteiger charge is -1.96. The van der Waals surface area contributed by atoms with Crippen molar-refractivity contribution in [2.24, 2.45) is 0 Å². The molecule has 0 amide bonds. The van der Waals surface area contributed by atoms with Gasteiger partial charge < -0.3 is 10.2 Å². The van der Waals surface area contributed by atoms with Gasteiger partial charge in [0.15, 0.2) is 0 Å². The molecule has 2 rings (SSSR count). The number of rotatable bonds is 1. The van der Waals surface area contributed by atoms with E-state index in [0.29, 0.717) is 0 Å². The Morgan fingerprint density at radius 2 is 2.00 bits per heavy atom. The van der Waals surface area contributed by atoms with Gasteiger partial charge in [0.2, 0.25) is 0 Å². The highest BCUT2D eigenvalue weighted by molar-refractivity contribution is 5.62. The van der Waals surface area contributed by atoms with E-state index in [1.807, 2.05) is 36.4 Å². The average Bonchev–Trinajstić information content (AvgIpc) is 2.56. The molecule has 1 heterocycles. The van der Waals surface area contributed by atoms with Crippen molar-refractivity contribution in [3.8, 4) is 11.3 Å². The minimum Gasteiger partial charge on any atom is -0.464 e. The van der Waals surface area contributed by atoms with Gasteiger partial charge in [-0.15, -0.1) is 0 Å². The van der Waals surface area contributed by atoms with E-state index in [4.69, 9.17) is 10.2 Å². The van der Waals surface area contributed by atoms with E-state index < -0.39 is 0 Å². The van der Waals surface area contributed by atoms with Crippen molar-refractivity contribution >= 4 is 5.69 Å². The number of hydrogen-bond acceptors (Lipinski definition) is 2. The Morgan fingerprint density at radius 3 is 2.67 bits per heavy atom. The van der Waals surface area contributed by atoms with Crippen molar-refractivity contribution in [2.45, 2.75) is 0 Å². The largest absolute Gasteiger partial charge is 0.464 e. The van der Waals surface area contributed by atoms with Crippen LogP contribution in [0.4, 0.5) is 5.69 Å². The lowest BCUT2D eigenvalue weighted by atomic mass is 10.1. The van der Waals surface area contributed by atoms with Gasteiger partial charge in [-0.25, -0.2) is 0 Å². The molecule has 1 aromatic heterocycles. The number of hydrogen-bond donors (Lipinski definition) is 1. The van der Waals surface area contributed by atoms with Gasteiger partial charge in [0, 0.05) is 11.3 Å². The molecule has 2 N–H and O–H groups in total. The van der Waals surface area contributed by atoms with Gasteiger partial charge >= 0.3 is 0 Å².